The van der Waals surface area contributed by atoms with Crippen molar-refractivity contribution in [2.75, 3.05) is 5.32 Å². The van der Waals surface area contributed by atoms with E-state index in [1.165, 1.54) is 0 Å². The van der Waals surface area contributed by atoms with Crippen molar-refractivity contribution in [3.05, 3.63) is 76.6 Å². The Labute approximate surface area is 144 Å². The molecule has 116 valence electrons. The van der Waals surface area contributed by atoms with Crippen LogP contribution in [0.3, 0.4) is 0 Å². The molecule has 23 heavy (non-hydrogen) atoms. The number of nitrogens with one attached hydrogen (secondary N) is 1. The molecular weight excluding hydrogens is 326 g/mol. The highest BCUT2D eigenvalue weighted by atomic mass is 35.5. The quantitative estimate of drug-likeness (QED) is 0.639. The Morgan fingerprint density at radius 2 is 1.78 bits per heavy atom. The van der Waals surface area contributed by atoms with E-state index < -0.39 is 0 Å². The summed E-state index contributed by atoms with van der Waals surface area (Å²) in [5.41, 5.74) is 3.02. The molecule has 1 N–H and O–H groups in total. The van der Waals surface area contributed by atoms with Crippen LogP contribution in [0, 0.1) is 0 Å². The normalized spacial score (nSPS) is 10.5. The molecule has 0 saturated carbocycles. The number of amides is 1. The molecular formula is C19H16ClNOS. The molecule has 0 atom stereocenters. The van der Waals surface area contributed by atoms with Gasteiger partial charge < -0.3 is 5.32 Å². The number of carbonyl (C=O) groups is 1. The molecule has 0 unspecified atom stereocenters. The van der Waals surface area contributed by atoms with Gasteiger partial charge in [-0.15, -0.1) is 11.3 Å². The van der Waals surface area contributed by atoms with Crippen molar-refractivity contribution < 1.29 is 4.79 Å². The summed E-state index contributed by atoms with van der Waals surface area (Å²) in [5, 5.41) is 5.77. The van der Waals surface area contributed by atoms with E-state index in [1.54, 1.807) is 11.3 Å². The minimum atomic E-state index is 0.0176. The molecule has 0 radical (unpaired) electrons. The summed E-state index contributed by atoms with van der Waals surface area (Å²) < 4.78 is 0. The van der Waals surface area contributed by atoms with Crippen molar-refractivity contribution in [2.45, 2.75) is 12.8 Å². The van der Waals surface area contributed by atoms with Gasteiger partial charge in [-0.05, 0) is 41.6 Å². The first-order chi connectivity index (χ1) is 11.2. The average molecular weight is 342 g/mol. The standard InChI is InChI=1S/C19H16ClNOS/c20-15-10-7-14(8-11-15)9-12-19(22)21-17-5-2-1-4-16(17)18-6-3-13-23-18/h1-8,10-11,13H,9,12H2,(H,21,22). The number of aryl methyl sites for hydroxylation is 1. The Morgan fingerprint density at radius 3 is 2.52 bits per heavy atom. The maximum Gasteiger partial charge on any atom is 0.224 e. The first-order valence-electron chi connectivity index (χ1n) is 7.39. The third-order valence-corrected chi connectivity index (χ3v) is 4.70. The van der Waals surface area contributed by atoms with Gasteiger partial charge in [-0.25, -0.2) is 0 Å². The van der Waals surface area contributed by atoms with Crippen molar-refractivity contribution in [1.82, 2.24) is 0 Å². The van der Waals surface area contributed by atoms with Crippen molar-refractivity contribution in [1.29, 1.82) is 0 Å². The zero-order valence-corrected chi connectivity index (χ0v) is 14.0. The Kier molecular flexibility index (Phi) is 5.11. The number of thiophene rings is 1. The summed E-state index contributed by atoms with van der Waals surface area (Å²) >= 11 is 7.53. The van der Waals surface area contributed by atoms with Crippen LogP contribution in [0.4, 0.5) is 5.69 Å². The first-order valence-corrected chi connectivity index (χ1v) is 8.65. The molecule has 0 aliphatic carbocycles. The highest BCUT2D eigenvalue weighted by Crippen LogP contribution is 2.31. The third kappa shape index (κ3) is 4.21. The van der Waals surface area contributed by atoms with Gasteiger partial charge in [-0.1, -0.05) is 48.0 Å². The number of carbonyl (C=O) groups excluding carboxylic acids is 1. The third-order valence-electron chi connectivity index (χ3n) is 3.54. The van der Waals surface area contributed by atoms with Gasteiger partial charge in [-0.3, -0.25) is 4.79 Å². The van der Waals surface area contributed by atoms with E-state index in [0.29, 0.717) is 17.9 Å². The van der Waals surface area contributed by atoms with Crippen molar-refractivity contribution in [2.24, 2.45) is 0 Å². The van der Waals surface area contributed by atoms with Crippen molar-refractivity contribution in [3.63, 3.8) is 0 Å². The SMILES string of the molecule is O=C(CCc1ccc(Cl)cc1)Nc1ccccc1-c1cccs1. The number of hydrogen-bond donors (Lipinski definition) is 1. The second kappa shape index (κ2) is 7.44. The largest absolute Gasteiger partial charge is 0.325 e. The van der Waals surface area contributed by atoms with Crippen LogP contribution in [-0.2, 0) is 11.2 Å². The van der Waals surface area contributed by atoms with E-state index in [-0.39, 0.29) is 5.91 Å². The minimum absolute atomic E-state index is 0.0176. The lowest BCUT2D eigenvalue weighted by Crippen LogP contribution is -2.12. The zero-order chi connectivity index (χ0) is 16.1. The molecule has 2 aromatic carbocycles. The monoisotopic (exact) mass is 341 g/mol. The lowest BCUT2D eigenvalue weighted by atomic mass is 10.1. The highest BCUT2D eigenvalue weighted by Gasteiger charge is 2.09. The van der Waals surface area contributed by atoms with E-state index in [0.717, 1.165) is 21.7 Å². The molecule has 0 aliphatic heterocycles. The summed E-state index contributed by atoms with van der Waals surface area (Å²) in [6.45, 7) is 0. The van der Waals surface area contributed by atoms with E-state index in [4.69, 9.17) is 11.6 Å². The van der Waals surface area contributed by atoms with Crippen LogP contribution in [0.2, 0.25) is 5.02 Å². The smallest absolute Gasteiger partial charge is 0.224 e. The van der Waals surface area contributed by atoms with Crippen LogP contribution >= 0.6 is 22.9 Å². The molecule has 0 spiro atoms. The Hall–Kier alpha value is -2.10. The number of benzene rings is 2. The van der Waals surface area contributed by atoms with E-state index in [2.05, 4.69) is 11.4 Å². The number of anilines is 1. The van der Waals surface area contributed by atoms with Gasteiger partial charge in [0.25, 0.3) is 0 Å². The lowest BCUT2D eigenvalue weighted by molar-refractivity contribution is -0.116. The van der Waals surface area contributed by atoms with Gasteiger partial charge in [0.2, 0.25) is 5.91 Å². The Morgan fingerprint density at radius 1 is 1.00 bits per heavy atom. The second-order valence-electron chi connectivity index (χ2n) is 5.20. The van der Waals surface area contributed by atoms with Crippen LogP contribution in [0.15, 0.2) is 66.0 Å². The van der Waals surface area contributed by atoms with E-state index in [1.807, 2.05) is 60.0 Å². The predicted octanol–water partition coefficient (Wildman–Crippen LogP) is 5.64. The van der Waals surface area contributed by atoms with Gasteiger partial charge >= 0.3 is 0 Å². The molecule has 0 fully saturated rings. The van der Waals surface area contributed by atoms with Crippen LogP contribution in [0.5, 0.6) is 0 Å². The number of rotatable bonds is 5. The molecule has 2 nitrogen and oxygen atoms in total. The summed E-state index contributed by atoms with van der Waals surface area (Å²) in [7, 11) is 0. The summed E-state index contributed by atoms with van der Waals surface area (Å²) in [6, 6.07) is 19.6. The predicted molar refractivity (Wildman–Crippen MR) is 98.2 cm³/mol. The van der Waals surface area contributed by atoms with Crippen LogP contribution < -0.4 is 5.32 Å². The molecule has 4 heteroatoms. The molecule has 1 amide bonds. The summed E-state index contributed by atoms with van der Waals surface area (Å²) in [5.74, 6) is 0.0176. The van der Waals surface area contributed by atoms with Gasteiger partial charge in [0.15, 0.2) is 0 Å². The van der Waals surface area contributed by atoms with Crippen molar-refractivity contribution in [3.8, 4) is 10.4 Å². The maximum absolute atomic E-state index is 12.2. The molecule has 0 bridgehead atoms. The maximum atomic E-state index is 12.2. The first kappa shape index (κ1) is 15.8. The zero-order valence-electron chi connectivity index (χ0n) is 12.5. The van der Waals surface area contributed by atoms with Gasteiger partial charge in [0, 0.05) is 27.6 Å². The fourth-order valence-electron chi connectivity index (χ4n) is 2.36. The average Bonchev–Trinajstić information content (AvgIpc) is 3.09. The van der Waals surface area contributed by atoms with E-state index in [9.17, 15) is 4.79 Å². The van der Waals surface area contributed by atoms with Gasteiger partial charge in [0.1, 0.15) is 0 Å². The Balaban J connectivity index is 1.65. The number of hydrogen-bond acceptors (Lipinski definition) is 2. The fraction of sp³-hybridized carbons (Fsp3) is 0.105. The highest BCUT2D eigenvalue weighted by molar-refractivity contribution is 7.13. The topological polar surface area (TPSA) is 29.1 Å². The van der Waals surface area contributed by atoms with Crippen LogP contribution in [-0.4, -0.2) is 5.91 Å². The van der Waals surface area contributed by atoms with Crippen molar-refractivity contribution >= 4 is 34.5 Å². The molecule has 1 heterocycles. The van der Waals surface area contributed by atoms with Crippen LogP contribution in [0.25, 0.3) is 10.4 Å². The lowest BCUT2D eigenvalue weighted by Gasteiger charge is -2.10. The van der Waals surface area contributed by atoms with Crippen LogP contribution in [0.1, 0.15) is 12.0 Å². The molecule has 3 rings (SSSR count). The molecule has 0 saturated heterocycles. The summed E-state index contributed by atoms with van der Waals surface area (Å²) in [4.78, 5) is 13.4. The van der Waals surface area contributed by atoms with E-state index >= 15 is 0 Å². The minimum Gasteiger partial charge on any atom is -0.325 e. The fourth-order valence-corrected chi connectivity index (χ4v) is 3.25. The molecule has 3 aromatic rings. The van der Waals surface area contributed by atoms with Gasteiger partial charge in [0.05, 0.1) is 0 Å². The molecule has 0 aliphatic rings. The molecule has 1 aromatic heterocycles. The number of halogens is 1. The van der Waals surface area contributed by atoms with Gasteiger partial charge in [-0.2, -0.15) is 0 Å². The Bertz CT molecular complexity index is 781. The summed E-state index contributed by atoms with van der Waals surface area (Å²) in [6.07, 6.45) is 1.14. The second-order valence-corrected chi connectivity index (χ2v) is 6.58. The number of para-hydroxylation sites is 1.